The Balaban J connectivity index is 2.20. The number of aliphatic carboxylic acids is 1. The third kappa shape index (κ3) is 1.61. The highest BCUT2D eigenvalue weighted by molar-refractivity contribution is 7.10. The summed E-state index contributed by atoms with van der Waals surface area (Å²) >= 11 is 1.70. The standard InChI is InChI=1S/C10H12O2S/c1-7-4-8(13-6-7)10(2-3-10)5-9(11)12/h4,6H,2-3,5H2,1H3,(H,11,12). The maximum Gasteiger partial charge on any atom is 0.304 e. The second kappa shape index (κ2) is 2.84. The van der Waals surface area contributed by atoms with Gasteiger partial charge in [0.05, 0.1) is 6.42 Å². The largest absolute Gasteiger partial charge is 0.481 e. The molecule has 0 amide bonds. The van der Waals surface area contributed by atoms with Crippen LogP contribution in [0.15, 0.2) is 11.4 Å². The van der Waals surface area contributed by atoms with Crippen LogP contribution < -0.4 is 0 Å². The van der Waals surface area contributed by atoms with Crippen LogP contribution in [-0.2, 0) is 10.2 Å². The van der Waals surface area contributed by atoms with Crippen molar-refractivity contribution in [3.63, 3.8) is 0 Å². The Hall–Kier alpha value is -0.830. The zero-order chi connectivity index (χ0) is 9.47. The molecule has 1 N–H and O–H groups in total. The van der Waals surface area contributed by atoms with E-state index in [0.717, 1.165) is 12.8 Å². The van der Waals surface area contributed by atoms with E-state index >= 15 is 0 Å². The second-order valence-electron chi connectivity index (χ2n) is 3.84. The van der Waals surface area contributed by atoms with Gasteiger partial charge in [-0.15, -0.1) is 11.3 Å². The molecule has 0 bridgehead atoms. The van der Waals surface area contributed by atoms with Crippen LogP contribution in [-0.4, -0.2) is 11.1 Å². The van der Waals surface area contributed by atoms with E-state index in [1.165, 1.54) is 10.4 Å². The Morgan fingerprint density at radius 3 is 2.77 bits per heavy atom. The van der Waals surface area contributed by atoms with Crippen LogP contribution in [0, 0.1) is 6.92 Å². The lowest BCUT2D eigenvalue weighted by atomic mass is 10.0. The van der Waals surface area contributed by atoms with Crippen molar-refractivity contribution in [2.24, 2.45) is 0 Å². The zero-order valence-electron chi connectivity index (χ0n) is 7.54. The minimum atomic E-state index is -0.677. The van der Waals surface area contributed by atoms with Crippen LogP contribution in [0.1, 0.15) is 29.7 Å². The van der Waals surface area contributed by atoms with Crippen molar-refractivity contribution >= 4 is 17.3 Å². The molecule has 1 fully saturated rings. The van der Waals surface area contributed by atoms with Crippen LogP contribution in [0.3, 0.4) is 0 Å². The molecule has 1 aromatic rings. The lowest BCUT2D eigenvalue weighted by Gasteiger charge is -2.08. The predicted molar refractivity (Wildman–Crippen MR) is 52.2 cm³/mol. The van der Waals surface area contributed by atoms with Crippen molar-refractivity contribution < 1.29 is 9.90 Å². The third-order valence-corrected chi connectivity index (χ3v) is 3.89. The SMILES string of the molecule is Cc1csc(C2(CC(=O)O)CC2)c1. The first-order chi connectivity index (χ1) is 6.12. The number of rotatable bonds is 3. The topological polar surface area (TPSA) is 37.3 Å². The maximum absolute atomic E-state index is 10.6. The quantitative estimate of drug-likeness (QED) is 0.806. The molecule has 0 radical (unpaired) electrons. The maximum atomic E-state index is 10.6. The summed E-state index contributed by atoms with van der Waals surface area (Å²) in [7, 11) is 0. The number of carbonyl (C=O) groups is 1. The lowest BCUT2D eigenvalue weighted by molar-refractivity contribution is -0.137. The highest BCUT2D eigenvalue weighted by atomic mass is 32.1. The van der Waals surface area contributed by atoms with Gasteiger partial charge in [0, 0.05) is 10.3 Å². The summed E-state index contributed by atoms with van der Waals surface area (Å²) in [5, 5.41) is 10.9. The number of thiophene rings is 1. The summed E-state index contributed by atoms with van der Waals surface area (Å²) in [6, 6.07) is 2.13. The van der Waals surface area contributed by atoms with Crippen molar-refractivity contribution in [2.75, 3.05) is 0 Å². The van der Waals surface area contributed by atoms with Gasteiger partial charge in [0.1, 0.15) is 0 Å². The van der Waals surface area contributed by atoms with Crippen LogP contribution in [0.25, 0.3) is 0 Å². The summed E-state index contributed by atoms with van der Waals surface area (Å²) in [6.45, 7) is 2.05. The average Bonchev–Trinajstić information content (AvgIpc) is 2.65. The van der Waals surface area contributed by atoms with E-state index in [1.54, 1.807) is 11.3 Å². The number of carboxylic acid groups (broad SMARTS) is 1. The van der Waals surface area contributed by atoms with E-state index < -0.39 is 5.97 Å². The number of carboxylic acids is 1. The van der Waals surface area contributed by atoms with Crippen molar-refractivity contribution in [2.45, 2.75) is 31.6 Å². The fourth-order valence-electron chi connectivity index (χ4n) is 1.66. The number of aryl methyl sites for hydroxylation is 1. The molecule has 0 atom stereocenters. The summed E-state index contributed by atoms with van der Waals surface area (Å²) in [5.41, 5.74) is 1.25. The molecular weight excluding hydrogens is 184 g/mol. The number of hydrogen-bond acceptors (Lipinski definition) is 2. The van der Waals surface area contributed by atoms with Gasteiger partial charge in [-0.25, -0.2) is 0 Å². The van der Waals surface area contributed by atoms with Crippen molar-refractivity contribution in [1.82, 2.24) is 0 Å². The third-order valence-electron chi connectivity index (χ3n) is 2.60. The Bertz CT molecular complexity index is 336. The second-order valence-corrected chi connectivity index (χ2v) is 4.75. The molecule has 70 valence electrons. The summed E-state index contributed by atoms with van der Waals surface area (Å²) < 4.78 is 0. The molecule has 1 heterocycles. The zero-order valence-corrected chi connectivity index (χ0v) is 8.36. The molecule has 13 heavy (non-hydrogen) atoms. The first kappa shape index (κ1) is 8.75. The Morgan fingerprint density at radius 2 is 2.38 bits per heavy atom. The van der Waals surface area contributed by atoms with Gasteiger partial charge in [-0.1, -0.05) is 0 Å². The van der Waals surface area contributed by atoms with E-state index in [1.807, 2.05) is 0 Å². The molecule has 0 aliphatic heterocycles. The lowest BCUT2D eigenvalue weighted by Crippen LogP contribution is -2.11. The van der Waals surface area contributed by atoms with E-state index in [0.29, 0.717) is 6.42 Å². The molecule has 0 saturated heterocycles. The highest BCUT2D eigenvalue weighted by Crippen LogP contribution is 2.52. The molecule has 0 unspecified atom stereocenters. The molecule has 1 aliphatic carbocycles. The van der Waals surface area contributed by atoms with Crippen LogP contribution in [0.2, 0.25) is 0 Å². The minimum Gasteiger partial charge on any atom is -0.481 e. The van der Waals surface area contributed by atoms with Crippen molar-refractivity contribution in [3.05, 3.63) is 21.9 Å². The smallest absolute Gasteiger partial charge is 0.304 e. The van der Waals surface area contributed by atoms with Gasteiger partial charge in [0.2, 0.25) is 0 Å². The van der Waals surface area contributed by atoms with E-state index in [4.69, 9.17) is 5.11 Å². The number of hydrogen-bond donors (Lipinski definition) is 1. The predicted octanol–water partition coefficient (Wildman–Crippen LogP) is 2.56. The Kier molecular flexibility index (Phi) is 1.91. The molecular formula is C10H12O2S. The molecule has 0 spiro atoms. The molecule has 1 aromatic heterocycles. The monoisotopic (exact) mass is 196 g/mol. The molecule has 1 aliphatic rings. The first-order valence-corrected chi connectivity index (χ1v) is 5.28. The molecule has 2 nitrogen and oxygen atoms in total. The van der Waals surface area contributed by atoms with Crippen LogP contribution >= 0.6 is 11.3 Å². The fraction of sp³-hybridized carbons (Fsp3) is 0.500. The fourth-order valence-corrected chi connectivity index (χ4v) is 2.82. The molecule has 2 rings (SSSR count). The average molecular weight is 196 g/mol. The van der Waals surface area contributed by atoms with Gasteiger partial charge in [0.15, 0.2) is 0 Å². The van der Waals surface area contributed by atoms with Gasteiger partial charge in [-0.3, -0.25) is 4.79 Å². The van der Waals surface area contributed by atoms with Gasteiger partial charge < -0.3 is 5.11 Å². The van der Waals surface area contributed by atoms with Gasteiger partial charge in [-0.2, -0.15) is 0 Å². The first-order valence-electron chi connectivity index (χ1n) is 4.40. The van der Waals surface area contributed by atoms with Gasteiger partial charge in [0.25, 0.3) is 0 Å². The normalized spacial score (nSPS) is 18.5. The summed E-state index contributed by atoms with van der Waals surface area (Å²) in [6.07, 6.45) is 2.38. The van der Waals surface area contributed by atoms with E-state index in [9.17, 15) is 4.79 Å². The highest BCUT2D eigenvalue weighted by Gasteiger charge is 2.46. The van der Waals surface area contributed by atoms with Gasteiger partial charge >= 0.3 is 5.97 Å². The molecule has 3 heteroatoms. The van der Waals surface area contributed by atoms with Crippen molar-refractivity contribution in [3.8, 4) is 0 Å². The van der Waals surface area contributed by atoms with E-state index in [2.05, 4.69) is 18.4 Å². The van der Waals surface area contributed by atoms with E-state index in [-0.39, 0.29) is 5.41 Å². The Morgan fingerprint density at radius 1 is 1.69 bits per heavy atom. The molecule has 1 saturated carbocycles. The van der Waals surface area contributed by atoms with Gasteiger partial charge in [-0.05, 0) is 36.8 Å². The Labute approximate surface area is 81.2 Å². The van der Waals surface area contributed by atoms with Crippen molar-refractivity contribution in [1.29, 1.82) is 0 Å². The van der Waals surface area contributed by atoms with Crippen LogP contribution in [0.4, 0.5) is 0 Å². The summed E-state index contributed by atoms with van der Waals surface area (Å²) in [4.78, 5) is 11.9. The molecule has 0 aromatic carbocycles. The van der Waals surface area contributed by atoms with Crippen LogP contribution in [0.5, 0.6) is 0 Å². The summed E-state index contributed by atoms with van der Waals surface area (Å²) in [5.74, 6) is -0.677. The minimum absolute atomic E-state index is 0.00472.